The van der Waals surface area contributed by atoms with Gasteiger partial charge in [-0.2, -0.15) is 0 Å². The van der Waals surface area contributed by atoms with Crippen molar-refractivity contribution in [3.63, 3.8) is 0 Å². The summed E-state index contributed by atoms with van der Waals surface area (Å²) >= 11 is 0. The van der Waals surface area contributed by atoms with Crippen LogP contribution in [0.1, 0.15) is 12.2 Å². The summed E-state index contributed by atoms with van der Waals surface area (Å²) < 4.78 is 13.3. The molecule has 0 bridgehead atoms. The first kappa shape index (κ1) is 11.7. The molecule has 1 aromatic carbocycles. The predicted octanol–water partition coefficient (Wildman–Crippen LogP) is 0.990. The fourth-order valence-electron chi connectivity index (χ4n) is 2.75. The third kappa shape index (κ3) is 1.84. The molecule has 1 atom stereocenters. The lowest BCUT2D eigenvalue weighted by molar-refractivity contribution is 0.171. The molecule has 0 spiro atoms. The summed E-state index contributed by atoms with van der Waals surface area (Å²) in [6.07, 6.45) is 1.86. The molecule has 2 N–H and O–H groups in total. The first-order chi connectivity index (χ1) is 9.81. The van der Waals surface area contributed by atoms with Gasteiger partial charge in [0, 0.05) is 24.6 Å². The van der Waals surface area contributed by atoms with Gasteiger partial charge in [-0.1, -0.05) is 0 Å². The summed E-state index contributed by atoms with van der Waals surface area (Å²) in [5.74, 6) is 3.42. The lowest BCUT2D eigenvalue weighted by Gasteiger charge is -2.22. The number of benzene rings is 1. The van der Waals surface area contributed by atoms with Crippen LogP contribution in [0.25, 0.3) is 11.4 Å². The van der Waals surface area contributed by atoms with Crippen LogP contribution in [0.15, 0.2) is 18.2 Å². The van der Waals surface area contributed by atoms with Crippen LogP contribution in [0, 0.1) is 0 Å². The van der Waals surface area contributed by atoms with E-state index in [1.54, 1.807) is 0 Å². The summed E-state index contributed by atoms with van der Waals surface area (Å²) in [6, 6.07) is 6.06. The second-order valence-corrected chi connectivity index (χ2v) is 5.21. The second-order valence-electron chi connectivity index (χ2n) is 5.21. The molecule has 0 aliphatic carbocycles. The number of hydrogen-bond donors (Lipinski definition) is 1. The highest BCUT2D eigenvalue weighted by Crippen LogP contribution is 2.34. The van der Waals surface area contributed by atoms with E-state index in [2.05, 4.69) is 14.8 Å². The molecule has 3 heterocycles. The van der Waals surface area contributed by atoms with Crippen LogP contribution in [-0.2, 0) is 13.0 Å². The Balaban J connectivity index is 1.76. The van der Waals surface area contributed by atoms with Crippen molar-refractivity contribution in [2.24, 2.45) is 5.73 Å². The minimum Gasteiger partial charge on any atom is -0.486 e. The van der Waals surface area contributed by atoms with E-state index >= 15 is 0 Å². The molecule has 1 unspecified atom stereocenters. The monoisotopic (exact) mass is 272 g/mol. The Hall–Kier alpha value is -2.08. The summed E-state index contributed by atoms with van der Waals surface area (Å²) in [5.41, 5.74) is 7.03. The average molecular weight is 272 g/mol. The summed E-state index contributed by atoms with van der Waals surface area (Å²) in [6.45, 7) is 1.95. The number of aromatic nitrogens is 3. The van der Waals surface area contributed by atoms with Crippen LogP contribution < -0.4 is 15.2 Å². The quantitative estimate of drug-likeness (QED) is 0.838. The minimum atomic E-state index is 0.175. The maximum Gasteiger partial charge on any atom is 0.164 e. The maximum absolute atomic E-state index is 6.05. The zero-order valence-electron chi connectivity index (χ0n) is 11.1. The third-order valence-electron chi connectivity index (χ3n) is 3.78. The fourth-order valence-corrected chi connectivity index (χ4v) is 2.75. The van der Waals surface area contributed by atoms with Crippen LogP contribution in [0.2, 0.25) is 0 Å². The molecule has 0 radical (unpaired) electrons. The summed E-state index contributed by atoms with van der Waals surface area (Å²) in [4.78, 5) is 0. The zero-order chi connectivity index (χ0) is 13.5. The highest BCUT2D eigenvalue weighted by molar-refractivity contribution is 5.61. The molecule has 2 aliphatic rings. The first-order valence-corrected chi connectivity index (χ1v) is 6.89. The number of aryl methyl sites for hydroxylation is 1. The minimum absolute atomic E-state index is 0.175. The molecule has 2 aliphatic heterocycles. The largest absolute Gasteiger partial charge is 0.486 e. The Kier molecular flexibility index (Phi) is 2.63. The van der Waals surface area contributed by atoms with Gasteiger partial charge in [-0.3, -0.25) is 0 Å². The lowest BCUT2D eigenvalue weighted by atomic mass is 10.1. The standard InChI is InChI=1S/C14H16N4O2/c15-10-2-4-13-16-17-14(18(13)8-10)9-1-3-11-12(7-9)20-6-5-19-11/h1,3,7,10H,2,4-6,8,15H2. The van der Waals surface area contributed by atoms with Gasteiger partial charge >= 0.3 is 0 Å². The van der Waals surface area contributed by atoms with Crippen molar-refractivity contribution in [1.82, 2.24) is 14.8 Å². The van der Waals surface area contributed by atoms with Crippen LogP contribution in [-0.4, -0.2) is 34.0 Å². The molecule has 6 nitrogen and oxygen atoms in total. The van der Waals surface area contributed by atoms with E-state index in [0.717, 1.165) is 48.1 Å². The van der Waals surface area contributed by atoms with Gasteiger partial charge < -0.3 is 19.8 Å². The van der Waals surface area contributed by atoms with Gasteiger partial charge in [-0.25, -0.2) is 0 Å². The molecule has 0 amide bonds. The lowest BCUT2D eigenvalue weighted by Crippen LogP contribution is -2.32. The van der Waals surface area contributed by atoms with E-state index in [4.69, 9.17) is 15.2 Å². The number of ether oxygens (including phenoxy) is 2. The molecule has 20 heavy (non-hydrogen) atoms. The van der Waals surface area contributed by atoms with E-state index in [1.165, 1.54) is 0 Å². The van der Waals surface area contributed by atoms with Crippen molar-refractivity contribution >= 4 is 0 Å². The molecule has 104 valence electrons. The first-order valence-electron chi connectivity index (χ1n) is 6.89. The van der Waals surface area contributed by atoms with Crippen LogP contribution >= 0.6 is 0 Å². The van der Waals surface area contributed by atoms with E-state index in [-0.39, 0.29) is 6.04 Å². The van der Waals surface area contributed by atoms with Crippen molar-refractivity contribution in [3.8, 4) is 22.9 Å². The van der Waals surface area contributed by atoms with Gasteiger partial charge in [0.05, 0.1) is 0 Å². The van der Waals surface area contributed by atoms with E-state index in [9.17, 15) is 0 Å². The molecule has 0 saturated carbocycles. The zero-order valence-corrected chi connectivity index (χ0v) is 11.1. The molecule has 6 heteroatoms. The molecular weight excluding hydrogens is 256 g/mol. The van der Waals surface area contributed by atoms with E-state index in [0.29, 0.717) is 13.2 Å². The highest BCUT2D eigenvalue weighted by Gasteiger charge is 2.22. The van der Waals surface area contributed by atoms with Crippen molar-refractivity contribution < 1.29 is 9.47 Å². The molecule has 2 aromatic rings. The Morgan fingerprint density at radius 1 is 1.15 bits per heavy atom. The predicted molar refractivity (Wildman–Crippen MR) is 72.7 cm³/mol. The summed E-state index contributed by atoms with van der Waals surface area (Å²) in [7, 11) is 0. The number of hydrogen-bond acceptors (Lipinski definition) is 5. The Morgan fingerprint density at radius 3 is 2.90 bits per heavy atom. The Morgan fingerprint density at radius 2 is 2.00 bits per heavy atom. The fraction of sp³-hybridized carbons (Fsp3) is 0.429. The van der Waals surface area contributed by atoms with Gasteiger partial charge in [0.25, 0.3) is 0 Å². The third-order valence-corrected chi connectivity index (χ3v) is 3.78. The van der Waals surface area contributed by atoms with E-state index < -0.39 is 0 Å². The Labute approximate surface area is 116 Å². The highest BCUT2D eigenvalue weighted by atomic mass is 16.6. The molecule has 0 fully saturated rings. The maximum atomic E-state index is 6.05. The van der Waals surface area contributed by atoms with Crippen LogP contribution in [0.5, 0.6) is 11.5 Å². The normalized spacial score (nSPS) is 20.6. The Bertz CT molecular complexity index is 653. The molecule has 4 rings (SSSR count). The number of fused-ring (bicyclic) bond motifs is 2. The molecule has 1 aromatic heterocycles. The van der Waals surface area contributed by atoms with Gasteiger partial charge in [0.15, 0.2) is 17.3 Å². The van der Waals surface area contributed by atoms with Gasteiger partial charge in [-0.05, 0) is 24.6 Å². The van der Waals surface area contributed by atoms with Crippen molar-refractivity contribution in [2.45, 2.75) is 25.4 Å². The molecular formula is C14H16N4O2. The average Bonchev–Trinajstić information content (AvgIpc) is 2.89. The van der Waals surface area contributed by atoms with Gasteiger partial charge in [0.1, 0.15) is 19.0 Å². The topological polar surface area (TPSA) is 75.2 Å². The smallest absolute Gasteiger partial charge is 0.164 e. The van der Waals surface area contributed by atoms with Gasteiger partial charge in [0.2, 0.25) is 0 Å². The van der Waals surface area contributed by atoms with Crippen LogP contribution in [0.3, 0.4) is 0 Å². The van der Waals surface area contributed by atoms with E-state index in [1.807, 2.05) is 18.2 Å². The second kappa shape index (κ2) is 4.49. The SMILES string of the molecule is NC1CCc2nnc(-c3ccc4c(c3)OCCO4)n2C1. The van der Waals surface area contributed by atoms with Crippen molar-refractivity contribution in [3.05, 3.63) is 24.0 Å². The van der Waals surface area contributed by atoms with Crippen LogP contribution in [0.4, 0.5) is 0 Å². The van der Waals surface area contributed by atoms with Gasteiger partial charge in [-0.15, -0.1) is 10.2 Å². The van der Waals surface area contributed by atoms with Crippen molar-refractivity contribution in [1.29, 1.82) is 0 Å². The number of nitrogens with zero attached hydrogens (tertiary/aromatic N) is 3. The molecule has 0 saturated heterocycles. The number of nitrogens with two attached hydrogens (primary N) is 1. The number of rotatable bonds is 1. The van der Waals surface area contributed by atoms with Crippen molar-refractivity contribution in [2.75, 3.05) is 13.2 Å². The summed E-state index contributed by atoms with van der Waals surface area (Å²) in [5, 5.41) is 8.58.